The zero-order valence-corrected chi connectivity index (χ0v) is 15.0. The van der Waals surface area contributed by atoms with Crippen LogP contribution >= 0.6 is 0 Å². The number of amides is 1. The molecule has 1 saturated carbocycles. The molecule has 0 saturated heterocycles. The van der Waals surface area contributed by atoms with Crippen molar-refractivity contribution in [2.24, 2.45) is 5.92 Å². The van der Waals surface area contributed by atoms with E-state index >= 15 is 0 Å². The second-order valence-electron chi connectivity index (χ2n) is 7.31. The summed E-state index contributed by atoms with van der Waals surface area (Å²) in [5.74, 6) is 0.983. The van der Waals surface area contributed by atoms with E-state index in [4.69, 9.17) is 5.73 Å². The van der Waals surface area contributed by atoms with Crippen LogP contribution in [0.15, 0.2) is 24.4 Å². The number of nitrogen functional groups attached to an aromatic ring is 1. The Morgan fingerprint density at radius 3 is 2.96 bits per heavy atom. The highest BCUT2D eigenvalue weighted by molar-refractivity contribution is 5.78. The average Bonchev–Trinajstić information content (AvgIpc) is 3.31. The van der Waals surface area contributed by atoms with Gasteiger partial charge in [0.25, 0.3) is 0 Å². The molecule has 0 radical (unpaired) electrons. The van der Waals surface area contributed by atoms with E-state index in [1.807, 2.05) is 12.1 Å². The lowest BCUT2D eigenvalue weighted by Gasteiger charge is -2.27. The van der Waals surface area contributed by atoms with Gasteiger partial charge in [0.1, 0.15) is 5.82 Å². The molecule has 138 valence electrons. The SMILES string of the molecule is Nc1ncccc1CN1CCn2nc(CNC(=O)C3CCCC3)cc2C1. The minimum atomic E-state index is 0.183. The lowest BCUT2D eigenvalue weighted by atomic mass is 10.1. The molecule has 2 aliphatic rings. The van der Waals surface area contributed by atoms with Gasteiger partial charge in [0.2, 0.25) is 5.91 Å². The molecule has 1 amide bonds. The molecule has 2 aromatic heterocycles. The number of nitrogens with two attached hydrogens (primary N) is 1. The Morgan fingerprint density at radius 2 is 2.15 bits per heavy atom. The minimum absolute atomic E-state index is 0.183. The van der Waals surface area contributed by atoms with Crippen LogP contribution in [0.1, 0.15) is 42.6 Å². The average molecular weight is 354 g/mol. The highest BCUT2D eigenvalue weighted by Gasteiger charge is 2.23. The Morgan fingerprint density at radius 1 is 1.31 bits per heavy atom. The fraction of sp³-hybridized carbons (Fsp3) is 0.526. The molecule has 0 aromatic carbocycles. The summed E-state index contributed by atoms with van der Waals surface area (Å²) in [5, 5.41) is 7.70. The highest BCUT2D eigenvalue weighted by atomic mass is 16.1. The number of carbonyl (C=O) groups is 1. The first kappa shape index (κ1) is 17.0. The van der Waals surface area contributed by atoms with Crippen LogP contribution in [0, 0.1) is 5.92 Å². The molecule has 3 heterocycles. The van der Waals surface area contributed by atoms with Gasteiger partial charge in [0, 0.05) is 37.3 Å². The number of nitrogens with one attached hydrogen (secondary N) is 1. The Labute approximate surface area is 153 Å². The molecule has 1 aliphatic heterocycles. The topological polar surface area (TPSA) is 89.1 Å². The fourth-order valence-electron chi connectivity index (χ4n) is 3.94. The molecule has 4 rings (SSSR count). The molecule has 7 heteroatoms. The Hall–Kier alpha value is -2.41. The third-order valence-electron chi connectivity index (χ3n) is 5.42. The van der Waals surface area contributed by atoms with E-state index in [2.05, 4.69) is 31.0 Å². The van der Waals surface area contributed by atoms with Crippen molar-refractivity contribution in [2.75, 3.05) is 12.3 Å². The van der Waals surface area contributed by atoms with Crippen molar-refractivity contribution in [1.82, 2.24) is 25.0 Å². The van der Waals surface area contributed by atoms with Gasteiger partial charge in [-0.05, 0) is 25.0 Å². The maximum Gasteiger partial charge on any atom is 0.223 e. The molecule has 26 heavy (non-hydrogen) atoms. The molecule has 0 unspecified atom stereocenters. The Bertz CT molecular complexity index is 780. The number of hydrogen-bond acceptors (Lipinski definition) is 5. The number of rotatable bonds is 5. The normalized spacial score (nSPS) is 18.0. The predicted octanol–water partition coefficient (Wildman–Crippen LogP) is 1.68. The number of pyridine rings is 1. The number of hydrogen-bond donors (Lipinski definition) is 2. The lowest BCUT2D eigenvalue weighted by molar-refractivity contribution is -0.124. The molecule has 3 N–H and O–H groups in total. The van der Waals surface area contributed by atoms with Crippen LogP contribution in [0.5, 0.6) is 0 Å². The summed E-state index contributed by atoms with van der Waals surface area (Å²) in [6.45, 7) is 3.92. The summed E-state index contributed by atoms with van der Waals surface area (Å²) in [7, 11) is 0. The van der Waals surface area contributed by atoms with E-state index < -0.39 is 0 Å². The molecular formula is C19H26N6O. The van der Waals surface area contributed by atoms with Crippen molar-refractivity contribution in [3.8, 4) is 0 Å². The summed E-state index contributed by atoms with van der Waals surface area (Å²) in [5.41, 5.74) is 9.14. The Kier molecular flexibility index (Phi) is 4.88. The maximum absolute atomic E-state index is 12.2. The van der Waals surface area contributed by atoms with E-state index in [1.54, 1.807) is 6.20 Å². The first-order valence-corrected chi connectivity index (χ1v) is 9.44. The first-order chi connectivity index (χ1) is 12.7. The van der Waals surface area contributed by atoms with Gasteiger partial charge in [-0.3, -0.25) is 14.4 Å². The second-order valence-corrected chi connectivity index (χ2v) is 7.31. The molecule has 0 atom stereocenters. The third kappa shape index (κ3) is 3.72. The van der Waals surface area contributed by atoms with Crippen molar-refractivity contribution in [3.05, 3.63) is 41.3 Å². The van der Waals surface area contributed by atoms with Crippen molar-refractivity contribution in [2.45, 2.75) is 51.9 Å². The fourth-order valence-corrected chi connectivity index (χ4v) is 3.94. The number of fused-ring (bicyclic) bond motifs is 1. The van der Waals surface area contributed by atoms with E-state index in [1.165, 1.54) is 18.5 Å². The Balaban J connectivity index is 1.34. The molecule has 0 bridgehead atoms. The van der Waals surface area contributed by atoms with Crippen molar-refractivity contribution in [1.29, 1.82) is 0 Å². The van der Waals surface area contributed by atoms with E-state index in [0.29, 0.717) is 12.4 Å². The van der Waals surface area contributed by atoms with Crippen LogP contribution in [-0.4, -0.2) is 32.1 Å². The van der Waals surface area contributed by atoms with Gasteiger partial charge >= 0.3 is 0 Å². The second kappa shape index (κ2) is 7.45. The maximum atomic E-state index is 12.2. The van der Waals surface area contributed by atoms with Crippen LogP contribution in [-0.2, 0) is 31.0 Å². The van der Waals surface area contributed by atoms with Crippen LogP contribution in [0.2, 0.25) is 0 Å². The van der Waals surface area contributed by atoms with Gasteiger partial charge in [0.05, 0.1) is 24.5 Å². The van der Waals surface area contributed by atoms with Crippen LogP contribution in [0.3, 0.4) is 0 Å². The zero-order valence-electron chi connectivity index (χ0n) is 15.0. The first-order valence-electron chi connectivity index (χ1n) is 9.44. The summed E-state index contributed by atoms with van der Waals surface area (Å²) in [6.07, 6.45) is 6.12. The summed E-state index contributed by atoms with van der Waals surface area (Å²) in [4.78, 5) is 18.7. The van der Waals surface area contributed by atoms with Gasteiger partial charge in [-0.2, -0.15) is 5.10 Å². The van der Waals surface area contributed by atoms with E-state index in [-0.39, 0.29) is 11.8 Å². The summed E-state index contributed by atoms with van der Waals surface area (Å²) >= 11 is 0. The molecule has 0 spiro atoms. The number of nitrogens with zero attached hydrogens (tertiary/aromatic N) is 4. The van der Waals surface area contributed by atoms with Crippen molar-refractivity contribution >= 4 is 11.7 Å². The molecule has 1 fully saturated rings. The minimum Gasteiger partial charge on any atom is -0.383 e. The third-order valence-corrected chi connectivity index (χ3v) is 5.42. The van der Waals surface area contributed by atoms with Crippen LogP contribution < -0.4 is 11.1 Å². The van der Waals surface area contributed by atoms with Gasteiger partial charge in [-0.1, -0.05) is 18.9 Å². The van der Waals surface area contributed by atoms with Crippen LogP contribution in [0.4, 0.5) is 5.82 Å². The van der Waals surface area contributed by atoms with Crippen LogP contribution in [0.25, 0.3) is 0 Å². The van der Waals surface area contributed by atoms with Gasteiger partial charge in [-0.25, -0.2) is 4.98 Å². The molecule has 7 nitrogen and oxygen atoms in total. The lowest BCUT2D eigenvalue weighted by Crippen LogP contribution is -2.33. The summed E-state index contributed by atoms with van der Waals surface area (Å²) < 4.78 is 2.06. The van der Waals surface area contributed by atoms with Crippen molar-refractivity contribution < 1.29 is 4.79 Å². The molecular weight excluding hydrogens is 328 g/mol. The predicted molar refractivity (Wildman–Crippen MR) is 98.8 cm³/mol. The monoisotopic (exact) mass is 354 g/mol. The van der Waals surface area contributed by atoms with Crippen molar-refractivity contribution in [3.63, 3.8) is 0 Å². The number of aromatic nitrogens is 3. The quantitative estimate of drug-likeness (QED) is 0.853. The number of anilines is 1. The molecule has 1 aliphatic carbocycles. The highest BCUT2D eigenvalue weighted by Crippen LogP contribution is 2.24. The smallest absolute Gasteiger partial charge is 0.223 e. The molecule has 2 aromatic rings. The standard InChI is InChI=1S/C19H26N6O/c20-18-15(6-3-7-21-18)12-24-8-9-25-17(13-24)10-16(23-25)11-22-19(26)14-4-1-2-5-14/h3,6-7,10,14H,1-2,4-5,8-9,11-13H2,(H2,20,21)(H,22,26). The summed E-state index contributed by atoms with van der Waals surface area (Å²) in [6, 6.07) is 6.05. The zero-order chi connectivity index (χ0) is 17.9. The van der Waals surface area contributed by atoms with Gasteiger partial charge < -0.3 is 11.1 Å². The van der Waals surface area contributed by atoms with E-state index in [0.717, 1.165) is 50.3 Å². The van der Waals surface area contributed by atoms with Gasteiger partial charge in [-0.15, -0.1) is 0 Å². The number of carbonyl (C=O) groups excluding carboxylic acids is 1. The van der Waals surface area contributed by atoms with E-state index in [9.17, 15) is 4.79 Å². The largest absolute Gasteiger partial charge is 0.383 e. The van der Waals surface area contributed by atoms with Gasteiger partial charge in [0.15, 0.2) is 0 Å².